The molecular formula is C25H27ClN2O. The maximum atomic E-state index is 12.9. The van der Waals surface area contributed by atoms with Gasteiger partial charge in [0.25, 0.3) is 0 Å². The van der Waals surface area contributed by atoms with E-state index in [2.05, 4.69) is 22.1 Å². The van der Waals surface area contributed by atoms with Gasteiger partial charge in [-0.1, -0.05) is 53.8 Å². The van der Waals surface area contributed by atoms with Crippen LogP contribution in [0.3, 0.4) is 0 Å². The van der Waals surface area contributed by atoms with E-state index in [9.17, 15) is 4.79 Å². The van der Waals surface area contributed by atoms with Gasteiger partial charge in [0.05, 0.1) is 12.0 Å². The monoisotopic (exact) mass is 406 g/mol. The SMILES string of the molecule is O=C(NC[C@@H]1CCCN(CC#Cc2ccccc2)C1)C1(c2ccc(Cl)cc2)CC1. The van der Waals surface area contributed by atoms with Crippen LogP contribution in [-0.4, -0.2) is 37.0 Å². The smallest absolute Gasteiger partial charge is 0.230 e. The fraction of sp³-hybridized carbons (Fsp3) is 0.400. The number of nitrogens with one attached hydrogen (secondary N) is 1. The number of piperidine rings is 1. The molecule has 0 unspecified atom stereocenters. The zero-order valence-electron chi connectivity index (χ0n) is 16.7. The van der Waals surface area contributed by atoms with Gasteiger partial charge in [0.15, 0.2) is 0 Å². The Kier molecular flexibility index (Phi) is 6.23. The van der Waals surface area contributed by atoms with Crippen molar-refractivity contribution in [1.82, 2.24) is 10.2 Å². The summed E-state index contributed by atoms with van der Waals surface area (Å²) in [4.78, 5) is 15.3. The van der Waals surface area contributed by atoms with Gasteiger partial charge in [-0.25, -0.2) is 0 Å². The molecule has 1 heterocycles. The van der Waals surface area contributed by atoms with Crippen LogP contribution in [0.1, 0.15) is 36.8 Å². The number of hydrogen-bond donors (Lipinski definition) is 1. The van der Waals surface area contributed by atoms with Crippen LogP contribution in [-0.2, 0) is 10.2 Å². The van der Waals surface area contributed by atoms with E-state index in [-0.39, 0.29) is 11.3 Å². The zero-order valence-corrected chi connectivity index (χ0v) is 17.4. The minimum Gasteiger partial charge on any atom is -0.355 e. The molecule has 0 aromatic heterocycles. The van der Waals surface area contributed by atoms with E-state index in [1.54, 1.807) is 0 Å². The molecule has 4 rings (SSSR count). The summed E-state index contributed by atoms with van der Waals surface area (Å²) in [7, 11) is 0. The molecule has 1 N–H and O–H groups in total. The number of hydrogen-bond acceptors (Lipinski definition) is 2. The maximum Gasteiger partial charge on any atom is 0.230 e. The summed E-state index contributed by atoms with van der Waals surface area (Å²) in [6.45, 7) is 3.62. The van der Waals surface area contributed by atoms with Crippen LogP contribution < -0.4 is 5.32 Å². The van der Waals surface area contributed by atoms with E-state index in [0.29, 0.717) is 10.9 Å². The predicted octanol–water partition coefficient (Wildman–Crippen LogP) is 4.25. The number of halogens is 1. The van der Waals surface area contributed by atoms with Crippen molar-refractivity contribution >= 4 is 17.5 Å². The van der Waals surface area contributed by atoms with Crippen molar-refractivity contribution in [1.29, 1.82) is 0 Å². The van der Waals surface area contributed by atoms with Gasteiger partial charge >= 0.3 is 0 Å². The first-order valence-electron chi connectivity index (χ1n) is 10.5. The number of nitrogens with zero attached hydrogens (tertiary/aromatic N) is 1. The normalized spacial score (nSPS) is 20.4. The van der Waals surface area contributed by atoms with E-state index in [1.165, 1.54) is 0 Å². The molecule has 2 aliphatic rings. The molecule has 1 aliphatic heterocycles. The number of carbonyl (C=O) groups is 1. The molecular weight excluding hydrogens is 380 g/mol. The average Bonchev–Trinajstić information content (AvgIpc) is 3.56. The van der Waals surface area contributed by atoms with Crippen molar-refractivity contribution in [2.24, 2.45) is 5.92 Å². The van der Waals surface area contributed by atoms with Crippen LogP contribution in [0.4, 0.5) is 0 Å². The Morgan fingerprint density at radius 1 is 1.14 bits per heavy atom. The van der Waals surface area contributed by atoms with Gasteiger partial charge in [0.2, 0.25) is 5.91 Å². The molecule has 1 amide bonds. The molecule has 2 fully saturated rings. The van der Waals surface area contributed by atoms with Crippen molar-refractivity contribution in [3.05, 3.63) is 70.7 Å². The average molecular weight is 407 g/mol. The Balaban J connectivity index is 1.27. The molecule has 0 bridgehead atoms. The second-order valence-corrected chi connectivity index (χ2v) is 8.65. The third-order valence-corrected chi connectivity index (χ3v) is 6.30. The number of carbonyl (C=O) groups excluding carboxylic acids is 1. The van der Waals surface area contributed by atoms with Crippen LogP contribution in [0.5, 0.6) is 0 Å². The Morgan fingerprint density at radius 2 is 1.90 bits per heavy atom. The second-order valence-electron chi connectivity index (χ2n) is 8.21. The second kappa shape index (κ2) is 9.03. The fourth-order valence-corrected chi connectivity index (χ4v) is 4.31. The van der Waals surface area contributed by atoms with Gasteiger partial charge in [-0.3, -0.25) is 9.69 Å². The zero-order chi connectivity index (χ0) is 20.1. The molecule has 4 heteroatoms. The van der Waals surface area contributed by atoms with E-state index in [0.717, 1.165) is 63.0 Å². The summed E-state index contributed by atoms with van der Waals surface area (Å²) in [5.41, 5.74) is 1.81. The molecule has 2 aromatic carbocycles. The van der Waals surface area contributed by atoms with E-state index >= 15 is 0 Å². The molecule has 0 spiro atoms. The lowest BCUT2D eigenvalue weighted by Gasteiger charge is -2.31. The first-order valence-corrected chi connectivity index (χ1v) is 10.8. The molecule has 29 heavy (non-hydrogen) atoms. The Morgan fingerprint density at radius 3 is 2.62 bits per heavy atom. The Labute approximate surface area is 178 Å². The minimum absolute atomic E-state index is 0.167. The van der Waals surface area contributed by atoms with Crippen molar-refractivity contribution in [3.8, 4) is 11.8 Å². The third-order valence-electron chi connectivity index (χ3n) is 6.05. The molecule has 1 aliphatic carbocycles. The first-order chi connectivity index (χ1) is 14.2. The summed E-state index contributed by atoms with van der Waals surface area (Å²) < 4.78 is 0. The van der Waals surface area contributed by atoms with Crippen molar-refractivity contribution in [3.63, 3.8) is 0 Å². The van der Waals surface area contributed by atoms with Gasteiger partial charge in [0.1, 0.15) is 0 Å². The topological polar surface area (TPSA) is 32.3 Å². The minimum atomic E-state index is -0.333. The predicted molar refractivity (Wildman–Crippen MR) is 118 cm³/mol. The Bertz CT molecular complexity index is 894. The lowest BCUT2D eigenvalue weighted by Crippen LogP contribution is -2.43. The summed E-state index contributed by atoms with van der Waals surface area (Å²) in [6.07, 6.45) is 4.17. The van der Waals surface area contributed by atoms with E-state index in [4.69, 9.17) is 11.6 Å². The highest BCUT2D eigenvalue weighted by atomic mass is 35.5. The largest absolute Gasteiger partial charge is 0.355 e. The van der Waals surface area contributed by atoms with Gasteiger partial charge < -0.3 is 5.32 Å². The summed E-state index contributed by atoms with van der Waals surface area (Å²) in [5.74, 6) is 7.19. The van der Waals surface area contributed by atoms with Crippen molar-refractivity contribution < 1.29 is 4.79 Å². The highest BCUT2D eigenvalue weighted by Crippen LogP contribution is 2.48. The molecule has 0 radical (unpaired) electrons. The lowest BCUT2D eigenvalue weighted by molar-refractivity contribution is -0.123. The van der Waals surface area contributed by atoms with E-state index < -0.39 is 0 Å². The Hall–Kier alpha value is -2.28. The maximum absolute atomic E-state index is 12.9. The number of likely N-dealkylation sites (tertiary alicyclic amines) is 1. The van der Waals surface area contributed by atoms with Crippen LogP contribution in [0.25, 0.3) is 0 Å². The molecule has 150 valence electrons. The summed E-state index contributed by atoms with van der Waals surface area (Å²) >= 11 is 5.99. The van der Waals surface area contributed by atoms with Crippen molar-refractivity contribution in [2.45, 2.75) is 31.1 Å². The highest BCUT2D eigenvalue weighted by Gasteiger charge is 2.51. The van der Waals surface area contributed by atoms with Crippen LogP contribution in [0, 0.1) is 17.8 Å². The summed E-state index contributed by atoms with van der Waals surface area (Å²) in [6, 6.07) is 17.8. The number of benzene rings is 2. The van der Waals surface area contributed by atoms with Gasteiger partial charge in [-0.2, -0.15) is 0 Å². The summed E-state index contributed by atoms with van der Waals surface area (Å²) in [5, 5.41) is 3.95. The number of amides is 1. The van der Waals surface area contributed by atoms with Gasteiger partial charge in [0, 0.05) is 23.7 Å². The third kappa shape index (κ3) is 5.01. The van der Waals surface area contributed by atoms with E-state index in [1.807, 2.05) is 54.6 Å². The molecule has 1 atom stereocenters. The van der Waals surface area contributed by atoms with Crippen LogP contribution >= 0.6 is 11.6 Å². The molecule has 3 nitrogen and oxygen atoms in total. The van der Waals surface area contributed by atoms with Gasteiger partial charge in [-0.15, -0.1) is 0 Å². The van der Waals surface area contributed by atoms with Crippen LogP contribution in [0.2, 0.25) is 5.02 Å². The molecule has 2 aromatic rings. The molecule has 1 saturated carbocycles. The quantitative estimate of drug-likeness (QED) is 0.753. The first kappa shape index (κ1) is 20.0. The highest BCUT2D eigenvalue weighted by molar-refractivity contribution is 6.30. The number of rotatable bonds is 5. The standard InChI is InChI=1S/C25H27ClN2O/c26-23-12-10-22(11-13-23)25(14-15-25)24(29)27-18-21-9-5-17-28(19-21)16-4-8-20-6-2-1-3-7-20/h1-3,6-7,10-13,21H,5,9,14-19H2,(H,27,29)/t21-/m0/s1. The van der Waals surface area contributed by atoms with Crippen LogP contribution in [0.15, 0.2) is 54.6 Å². The molecule has 1 saturated heterocycles. The van der Waals surface area contributed by atoms with Gasteiger partial charge in [-0.05, 0) is 68.0 Å². The lowest BCUT2D eigenvalue weighted by atomic mass is 9.94. The fourth-order valence-electron chi connectivity index (χ4n) is 4.18. The van der Waals surface area contributed by atoms with Crippen molar-refractivity contribution in [2.75, 3.05) is 26.2 Å².